The second kappa shape index (κ2) is 7.04. The van der Waals surface area contributed by atoms with E-state index in [0.29, 0.717) is 18.5 Å². The van der Waals surface area contributed by atoms with Gasteiger partial charge in [-0.25, -0.2) is 9.69 Å². The molecule has 25 heavy (non-hydrogen) atoms. The highest BCUT2D eigenvalue weighted by molar-refractivity contribution is 6.45. The van der Waals surface area contributed by atoms with Crippen molar-refractivity contribution in [3.05, 3.63) is 29.8 Å². The predicted octanol–water partition coefficient (Wildman–Crippen LogP) is 1.92. The highest BCUT2D eigenvalue weighted by Crippen LogP contribution is 2.27. The number of hydrogen-bond donors (Lipinski definition) is 1. The molecule has 1 aliphatic carbocycles. The SMILES string of the molecule is CCc1ccccc1NC(=O)CN1C(=O)C(=O)N(C2CCCC2)C1=O. The number of rotatable bonds is 5. The molecule has 0 atom stereocenters. The minimum absolute atomic E-state index is 0.224. The monoisotopic (exact) mass is 343 g/mol. The minimum Gasteiger partial charge on any atom is -0.324 e. The van der Waals surface area contributed by atoms with E-state index in [2.05, 4.69) is 5.32 Å². The number of imide groups is 2. The maximum absolute atomic E-state index is 12.5. The molecule has 0 unspecified atom stereocenters. The van der Waals surface area contributed by atoms with Crippen LogP contribution in [0.5, 0.6) is 0 Å². The van der Waals surface area contributed by atoms with Gasteiger partial charge >= 0.3 is 17.8 Å². The lowest BCUT2D eigenvalue weighted by molar-refractivity contribution is -0.144. The maximum atomic E-state index is 12.5. The molecule has 1 saturated heterocycles. The quantitative estimate of drug-likeness (QED) is 0.654. The van der Waals surface area contributed by atoms with Crippen molar-refractivity contribution in [2.24, 2.45) is 0 Å². The Bertz CT molecular complexity index is 725. The van der Waals surface area contributed by atoms with Crippen LogP contribution in [-0.2, 0) is 20.8 Å². The number of nitrogens with one attached hydrogen (secondary N) is 1. The molecule has 1 aromatic rings. The van der Waals surface area contributed by atoms with Crippen LogP contribution < -0.4 is 5.32 Å². The van der Waals surface area contributed by atoms with Crippen LogP contribution in [-0.4, -0.2) is 46.1 Å². The van der Waals surface area contributed by atoms with Crippen molar-refractivity contribution >= 4 is 29.4 Å². The Morgan fingerprint density at radius 2 is 1.80 bits per heavy atom. The van der Waals surface area contributed by atoms with Crippen molar-refractivity contribution in [3.8, 4) is 0 Å². The van der Waals surface area contributed by atoms with E-state index in [1.54, 1.807) is 12.1 Å². The Hall–Kier alpha value is -2.70. The van der Waals surface area contributed by atoms with E-state index in [-0.39, 0.29) is 6.04 Å². The smallest absolute Gasteiger partial charge is 0.324 e. The van der Waals surface area contributed by atoms with Crippen LogP contribution in [0.1, 0.15) is 38.2 Å². The lowest BCUT2D eigenvalue weighted by atomic mass is 10.1. The van der Waals surface area contributed by atoms with Crippen LogP contribution in [0.3, 0.4) is 0 Å². The molecule has 7 nitrogen and oxygen atoms in total. The van der Waals surface area contributed by atoms with Crippen molar-refractivity contribution in [3.63, 3.8) is 0 Å². The number of carbonyl (C=O) groups is 4. The summed E-state index contributed by atoms with van der Waals surface area (Å²) in [5.74, 6) is -2.24. The fourth-order valence-electron chi connectivity index (χ4n) is 3.43. The van der Waals surface area contributed by atoms with Crippen molar-refractivity contribution in [1.82, 2.24) is 9.80 Å². The molecule has 1 aliphatic heterocycles. The third kappa shape index (κ3) is 3.26. The summed E-state index contributed by atoms with van der Waals surface area (Å²) in [6, 6.07) is 6.43. The molecule has 3 rings (SSSR count). The van der Waals surface area contributed by atoms with Gasteiger partial charge in [0, 0.05) is 11.7 Å². The van der Waals surface area contributed by atoms with E-state index < -0.39 is 30.3 Å². The number of urea groups is 1. The van der Waals surface area contributed by atoms with E-state index in [4.69, 9.17) is 0 Å². The van der Waals surface area contributed by atoms with E-state index >= 15 is 0 Å². The van der Waals surface area contributed by atoms with Crippen LogP contribution in [0.2, 0.25) is 0 Å². The second-order valence-corrected chi connectivity index (χ2v) is 6.35. The number of nitrogens with zero attached hydrogens (tertiary/aromatic N) is 2. The van der Waals surface area contributed by atoms with Gasteiger partial charge in [0.1, 0.15) is 6.54 Å². The zero-order valence-corrected chi connectivity index (χ0v) is 14.2. The van der Waals surface area contributed by atoms with Gasteiger partial charge in [-0.3, -0.25) is 19.3 Å². The molecule has 0 spiro atoms. The Morgan fingerprint density at radius 3 is 2.48 bits per heavy atom. The summed E-state index contributed by atoms with van der Waals surface area (Å²) in [6.45, 7) is 1.52. The summed E-state index contributed by atoms with van der Waals surface area (Å²) in [5, 5.41) is 2.71. The second-order valence-electron chi connectivity index (χ2n) is 6.35. The van der Waals surface area contributed by atoms with E-state index in [1.165, 1.54) is 0 Å². The van der Waals surface area contributed by atoms with Gasteiger partial charge in [0.2, 0.25) is 5.91 Å². The Labute approximate surface area is 146 Å². The van der Waals surface area contributed by atoms with Crippen molar-refractivity contribution in [2.75, 3.05) is 11.9 Å². The number of hydrogen-bond acceptors (Lipinski definition) is 4. The van der Waals surface area contributed by atoms with Gasteiger partial charge in [0.25, 0.3) is 0 Å². The first-order chi connectivity index (χ1) is 12.0. The van der Waals surface area contributed by atoms with E-state index in [1.807, 2.05) is 19.1 Å². The molecule has 7 heteroatoms. The van der Waals surface area contributed by atoms with Crippen LogP contribution in [0, 0.1) is 0 Å². The summed E-state index contributed by atoms with van der Waals surface area (Å²) >= 11 is 0. The molecule has 2 fully saturated rings. The fraction of sp³-hybridized carbons (Fsp3) is 0.444. The van der Waals surface area contributed by atoms with Gasteiger partial charge in [0.15, 0.2) is 0 Å². The van der Waals surface area contributed by atoms with Gasteiger partial charge in [-0.2, -0.15) is 0 Å². The third-order valence-electron chi connectivity index (χ3n) is 4.75. The molecular formula is C18H21N3O4. The molecule has 1 heterocycles. The standard InChI is InChI=1S/C18H21N3O4/c1-2-12-7-3-6-10-14(12)19-15(22)11-20-16(23)17(24)21(18(20)25)13-8-4-5-9-13/h3,6-7,10,13H,2,4-5,8-9,11H2,1H3,(H,19,22). The molecule has 2 aliphatic rings. The van der Waals surface area contributed by atoms with Gasteiger partial charge < -0.3 is 5.32 Å². The molecule has 5 amide bonds. The predicted molar refractivity (Wildman–Crippen MR) is 90.7 cm³/mol. The molecule has 1 saturated carbocycles. The van der Waals surface area contributed by atoms with Crippen molar-refractivity contribution in [2.45, 2.75) is 45.1 Å². The number of para-hydroxylation sites is 1. The molecule has 1 N–H and O–H groups in total. The Kier molecular flexibility index (Phi) is 4.83. The molecular weight excluding hydrogens is 322 g/mol. The molecule has 0 radical (unpaired) electrons. The number of aryl methyl sites for hydroxylation is 1. The Balaban J connectivity index is 1.69. The number of benzene rings is 1. The number of carbonyl (C=O) groups excluding carboxylic acids is 4. The van der Waals surface area contributed by atoms with Crippen LogP contribution >= 0.6 is 0 Å². The molecule has 0 bridgehead atoms. The van der Waals surface area contributed by atoms with E-state index in [0.717, 1.165) is 34.6 Å². The molecule has 132 valence electrons. The summed E-state index contributed by atoms with van der Waals surface area (Å²) in [4.78, 5) is 50.8. The van der Waals surface area contributed by atoms with Gasteiger partial charge in [-0.05, 0) is 30.9 Å². The van der Waals surface area contributed by atoms with Crippen molar-refractivity contribution in [1.29, 1.82) is 0 Å². The molecule has 0 aromatic heterocycles. The highest BCUT2D eigenvalue weighted by atomic mass is 16.2. The average Bonchev–Trinajstić information content (AvgIpc) is 3.19. The van der Waals surface area contributed by atoms with Crippen LogP contribution in [0.15, 0.2) is 24.3 Å². The summed E-state index contributed by atoms with van der Waals surface area (Å²) in [7, 11) is 0. The normalized spacial score (nSPS) is 18.4. The first kappa shape index (κ1) is 17.1. The lowest BCUT2D eigenvalue weighted by Gasteiger charge is -2.21. The van der Waals surface area contributed by atoms with Crippen LogP contribution in [0.4, 0.5) is 10.5 Å². The topological polar surface area (TPSA) is 86.8 Å². The zero-order valence-electron chi connectivity index (χ0n) is 14.2. The minimum atomic E-state index is -0.921. The van der Waals surface area contributed by atoms with Crippen molar-refractivity contribution < 1.29 is 19.2 Å². The van der Waals surface area contributed by atoms with E-state index in [9.17, 15) is 19.2 Å². The van der Waals surface area contributed by atoms with Gasteiger partial charge in [-0.15, -0.1) is 0 Å². The highest BCUT2D eigenvalue weighted by Gasteiger charge is 2.48. The third-order valence-corrected chi connectivity index (χ3v) is 4.75. The fourth-order valence-corrected chi connectivity index (χ4v) is 3.43. The average molecular weight is 343 g/mol. The zero-order chi connectivity index (χ0) is 18.0. The lowest BCUT2D eigenvalue weighted by Crippen LogP contribution is -2.41. The summed E-state index contributed by atoms with van der Waals surface area (Å²) in [5.41, 5.74) is 1.60. The van der Waals surface area contributed by atoms with Crippen LogP contribution in [0.25, 0.3) is 0 Å². The largest absolute Gasteiger partial charge is 0.334 e. The summed E-state index contributed by atoms with van der Waals surface area (Å²) in [6.07, 6.45) is 4.05. The van der Waals surface area contributed by atoms with Gasteiger partial charge in [-0.1, -0.05) is 38.0 Å². The Morgan fingerprint density at radius 1 is 1.12 bits per heavy atom. The first-order valence-electron chi connectivity index (χ1n) is 8.59. The number of amides is 5. The first-order valence-corrected chi connectivity index (χ1v) is 8.59. The summed E-state index contributed by atoms with van der Waals surface area (Å²) < 4.78 is 0. The van der Waals surface area contributed by atoms with Gasteiger partial charge in [0.05, 0.1) is 0 Å². The maximum Gasteiger partial charge on any atom is 0.334 e. The number of anilines is 1. The molecule has 1 aromatic carbocycles.